The van der Waals surface area contributed by atoms with Crippen molar-refractivity contribution in [3.63, 3.8) is 0 Å². The van der Waals surface area contributed by atoms with Crippen LogP contribution in [0.1, 0.15) is 54.8 Å². The van der Waals surface area contributed by atoms with Gasteiger partial charge in [-0.3, -0.25) is 4.79 Å². The van der Waals surface area contributed by atoms with Gasteiger partial charge >= 0.3 is 5.97 Å². The van der Waals surface area contributed by atoms with E-state index in [9.17, 15) is 9.18 Å². The van der Waals surface area contributed by atoms with Crippen molar-refractivity contribution in [2.45, 2.75) is 44.9 Å². The van der Waals surface area contributed by atoms with Crippen molar-refractivity contribution >= 4 is 16.9 Å². The summed E-state index contributed by atoms with van der Waals surface area (Å²) >= 11 is 0. The van der Waals surface area contributed by atoms with Gasteiger partial charge in [0.05, 0.1) is 18.0 Å². The standard InChI is InChI=1S/C28H32FNO5/c1-4-34-28(31)22-15-21(22)26-23-14-20(35-16-32-3)6-8-25(23)30(19-5-7-24(29)17(2)13-19)27(26)18-9-11-33-12-10-18/h5-8,13-14,18,21-22H,4,9-12,15-16H2,1-3H3/t21-,22-/m1/s1. The van der Waals surface area contributed by atoms with E-state index in [2.05, 4.69) is 4.57 Å². The molecule has 2 aromatic carbocycles. The maximum absolute atomic E-state index is 14.2. The van der Waals surface area contributed by atoms with Gasteiger partial charge in [0.2, 0.25) is 0 Å². The molecule has 3 aromatic rings. The van der Waals surface area contributed by atoms with Gasteiger partial charge in [-0.1, -0.05) is 0 Å². The van der Waals surface area contributed by atoms with Crippen LogP contribution in [0.5, 0.6) is 5.75 Å². The fraction of sp³-hybridized carbons (Fsp3) is 0.464. The fourth-order valence-electron chi connectivity index (χ4n) is 5.36. The normalized spacial score (nSPS) is 20.2. The lowest BCUT2D eigenvalue weighted by molar-refractivity contribution is -0.144. The smallest absolute Gasteiger partial charge is 0.309 e. The zero-order valence-electron chi connectivity index (χ0n) is 20.5. The lowest BCUT2D eigenvalue weighted by Crippen LogP contribution is -2.18. The molecule has 1 saturated carbocycles. The van der Waals surface area contributed by atoms with Gasteiger partial charge in [-0.25, -0.2) is 4.39 Å². The van der Waals surface area contributed by atoms with Crippen LogP contribution in [0.4, 0.5) is 4.39 Å². The highest BCUT2D eigenvalue weighted by molar-refractivity contribution is 5.91. The quantitative estimate of drug-likeness (QED) is 0.309. The lowest BCUT2D eigenvalue weighted by atomic mass is 9.90. The molecule has 0 spiro atoms. The Bertz CT molecular complexity index is 1230. The predicted molar refractivity (Wildman–Crippen MR) is 131 cm³/mol. The van der Waals surface area contributed by atoms with Crippen molar-refractivity contribution in [1.29, 1.82) is 0 Å². The van der Waals surface area contributed by atoms with Crippen LogP contribution in [0.3, 0.4) is 0 Å². The molecular formula is C28H32FNO5. The number of fused-ring (bicyclic) bond motifs is 1. The number of carbonyl (C=O) groups is 1. The number of aromatic nitrogens is 1. The monoisotopic (exact) mass is 481 g/mol. The van der Waals surface area contributed by atoms with E-state index in [0.29, 0.717) is 31.1 Å². The summed E-state index contributed by atoms with van der Waals surface area (Å²) in [7, 11) is 1.59. The Kier molecular flexibility index (Phi) is 6.80. The van der Waals surface area contributed by atoms with Crippen LogP contribution in [-0.2, 0) is 19.0 Å². The van der Waals surface area contributed by atoms with Crippen molar-refractivity contribution in [2.24, 2.45) is 5.92 Å². The van der Waals surface area contributed by atoms with Crippen molar-refractivity contribution < 1.29 is 28.1 Å². The second-order valence-corrected chi connectivity index (χ2v) is 9.39. The molecule has 186 valence electrons. The molecular weight excluding hydrogens is 449 g/mol. The molecule has 7 heteroatoms. The summed E-state index contributed by atoms with van der Waals surface area (Å²) in [6, 6.07) is 11.3. The highest BCUT2D eigenvalue weighted by Gasteiger charge is 2.48. The maximum atomic E-state index is 14.2. The van der Waals surface area contributed by atoms with Gasteiger partial charge in [-0.15, -0.1) is 0 Å². The molecule has 1 aliphatic carbocycles. The number of ether oxygens (including phenoxy) is 4. The minimum absolute atomic E-state index is 0.0786. The van der Waals surface area contributed by atoms with Crippen LogP contribution in [0.25, 0.3) is 16.6 Å². The topological polar surface area (TPSA) is 58.9 Å². The van der Waals surface area contributed by atoms with Crippen LogP contribution in [0, 0.1) is 18.7 Å². The highest BCUT2D eigenvalue weighted by Crippen LogP contribution is 2.55. The third-order valence-corrected chi connectivity index (χ3v) is 7.12. The maximum Gasteiger partial charge on any atom is 0.309 e. The average Bonchev–Trinajstić information content (AvgIpc) is 3.59. The number of carbonyl (C=O) groups excluding carboxylic acids is 1. The first kappa shape index (κ1) is 23.8. The number of hydrogen-bond acceptors (Lipinski definition) is 5. The second-order valence-electron chi connectivity index (χ2n) is 9.39. The van der Waals surface area contributed by atoms with E-state index in [0.717, 1.165) is 35.9 Å². The third-order valence-electron chi connectivity index (χ3n) is 7.12. The SMILES string of the molecule is CCOC(=O)[C@@H]1C[C@H]1c1c(C2CCOCC2)n(-c2ccc(F)c(C)c2)c2ccc(OCOC)cc12. The molecule has 0 unspecified atom stereocenters. The molecule has 1 aromatic heterocycles. The summed E-state index contributed by atoms with van der Waals surface area (Å²) in [5.74, 6) is 0.544. The number of benzene rings is 2. The molecule has 0 bridgehead atoms. The number of methoxy groups -OCH3 is 1. The summed E-state index contributed by atoms with van der Waals surface area (Å²) in [4.78, 5) is 12.6. The molecule has 2 fully saturated rings. The van der Waals surface area contributed by atoms with Gasteiger partial charge < -0.3 is 23.5 Å². The summed E-state index contributed by atoms with van der Waals surface area (Å²) < 4.78 is 38.4. The number of halogens is 1. The Hall–Kier alpha value is -2.90. The fourth-order valence-corrected chi connectivity index (χ4v) is 5.36. The van der Waals surface area contributed by atoms with E-state index in [1.54, 1.807) is 14.0 Å². The molecule has 0 amide bonds. The summed E-state index contributed by atoms with van der Waals surface area (Å²) in [5, 5.41) is 1.05. The van der Waals surface area contributed by atoms with Crippen molar-refractivity contribution in [2.75, 3.05) is 33.7 Å². The van der Waals surface area contributed by atoms with Crippen LogP contribution >= 0.6 is 0 Å². The van der Waals surface area contributed by atoms with Crippen LogP contribution < -0.4 is 4.74 Å². The van der Waals surface area contributed by atoms with E-state index in [1.165, 1.54) is 17.3 Å². The molecule has 2 atom stereocenters. The van der Waals surface area contributed by atoms with E-state index in [-0.39, 0.29) is 36.3 Å². The first-order chi connectivity index (χ1) is 17.0. The zero-order chi connectivity index (χ0) is 24.5. The highest BCUT2D eigenvalue weighted by atomic mass is 19.1. The number of esters is 1. The number of aryl methyl sites for hydroxylation is 1. The van der Waals surface area contributed by atoms with E-state index in [1.807, 2.05) is 37.3 Å². The van der Waals surface area contributed by atoms with Crippen LogP contribution in [-0.4, -0.2) is 44.3 Å². The first-order valence-corrected chi connectivity index (χ1v) is 12.3. The van der Waals surface area contributed by atoms with Gasteiger partial charge in [0.1, 0.15) is 11.6 Å². The van der Waals surface area contributed by atoms with Gasteiger partial charge in [-0.2, -0.15) is 0 Å². The summed E-state index contributed by atoms with van der Waals surface area (Å²) in [5.41, 5.74) is 4.90. The first-order valence-electron chi connectivity index (χ1n) is 12.3. The lowest BCUT2D eigenvalue weighted by Gasteiger charge is -2.26. The minimum Gasteiger partial charge on any atom is -0.468 e. The number of rotatable bonds is 8. The Balaban J connectivity index is 1.73. The molecule has 1 saturated heterocycles. The molecule has 2 heterocycles. The Morgan fingerprint density at radius 1 is 1.17 bits per heavy atom. The third kappa shape index (κ3) is 4.55. The molecule has 5 rings (SSSR count). The Labute approximate surface area is 204 Å². The number of nitrogens with zero attached hydrogens (tertiary/aromatic N) is 1. The van der Waals surface area contributed by atoms with E-state index in [4.69, 9.17) is 18.9 Å². The average molecular weight is 482 g/mol. The molecule has 0 N–H and O–H groups in total. The summed E-state index contributed by atoms with van der Waals surface area (Å²) in [6.07, 6.45) is 2.56. The van der Waals surface area contributed by atoms with Crippen LogP contribution in [0.15, 0.2) is 36.4 Å². The van der Waals surface area contributed by atoms with E-state index >= 15 is 0 Å². The Morgan fingerprint density at radius 2 is 1.97 bits per heavy atom. The van der Waals surface area contributed by atoms with Crippen molar-refractivity contribution in [3.8, 4) is 11.4 Å². The van der Waals surface area contributed by atoms with Crippen molar-refractivity contribution in [1.82, 2.24) is 4.57 Å². The molecule has 35 heavy (non-hydrogen) atoms. The largest absolute Gasteiger partial charge is 0.468 e. The van der Waals surface area contributed by atoms with Gasteiger partial charge in [-0.05, 0) is 80.6 Å². The second kappa shape index (κ2) is 9.99. The molecule has 1 aliphatic heterocycles. The molecule has 2 aliphatic rings. The van der Waals surface area contributed by atoms with Crippen molar-refractivity contribution in [3.05, 3.63) is 59.0 Å². The predicted octanol–water partition coefficient (Wildman–Crippen LogP) is 5.62. The number of hydrogen-bond donors (Lipinski definition) is 0. The summed E-state index contributed by atoms with van der Waals surface area (Å²) in [6.45, 7) is 5.55. The zero-order valence-corrected chi connectivity index (χ0v) is 20.5. The molecule has 0 radical (unpaired) electrons. The van der Waals surface area contributed by atoms with E-state index < -0.39 is 0 Å². The Morgan fingerprint density at radius 3 is 2.69 bits per heavy atom. The van der Waals surface area contributed by atoms with Gasteiger partial charge in [0.25, 0.3) is 0 Å². The van der Waals surface area contributed by atoms with Crippen LogP contribution in [0.2, 0.25) is 0 Å². The minimum atomic E-state index is -0.224. The van der Waals surface area contributed by atoms with Gasteiger partial charge in [0.15, 0.2) is 6.79 Å². The molecule has 6 nitrogen and oxygen atoms in total. The van der Waals surface area contributed by atoms with Gasteiger partial charge in [0, 0.05) is 48.9 Å².